The Morgan fingerprint density at radius 1 is 1.42 bits per heavy atom. The number of likely N-dealkylation sites (N-methyl/N-ethyl adjacent to an activating group) is 1. The van der Waals surface area contributed by atoms with E-state index in [1.165, 1.54) is 0 Å². The van der Waals surface area contributed by atoms with Crippen LogP contribution in [0.1, 0.15) is 26.7 Å². The quantitative estimate of drug-likeness (QED) is 0.660. The molecule has 1 aliphatic rings. The molecule has 0 spiro atoms. The van der Waals surface area contributed by atoms with Crippen LogP contribution >= 0.6 is 11.8 Å². The zero-order valence-electron chi connectivity index (χ0n) is 12.0. The molecule has 19 heavy (non-hydrogen) atoms. The summed E-state index contributed by atoms with van der Waals surface area (Å²) in [6, 6.07) is -0.197. The normalized spacial score (nSPS) is 20.9. The number of amides is 2. The van der Waals surface area contributed by atoms with Crippen LogP contribution in [0.3, 0.4) is 0 Å². The molecule has 1 fully saturated rings. The third-order valence-electron chi connectivity index (χ3n) is 3.04. The smallest absolute Gasteiger partial charge is 0.242 e. The number of carbonyl (C=O) groups is 2. The van der Waals surface area contributed by atoms with Gasteiger partial charge in [-0.25, -0.2) is 0 Å². The molecule has 0 aromatic heterocycles. The van der Waals surface area contributed by atoms with E-state index in [1.807, 2.05) is 25.6 Å². The molecule has 3 N–H and O–H groups in total. The van der Waals surface area contributed by atoms with Gasteiger partial charge in [0.2, 0.25) is 11.8 Å². The molecule has 1 aliphatic heterocycles. The first-order chi connectivity index (χ1) is 9.02. The van der Waals surface area contributed by atoms with Crippen LogP contribution in [0.5, 0.6) is 0 Å². The van der Waals surface area contributed by atoms with E-state index in [0.717, 1.165) is 18.1 Å². The molecule has 0 bridgehead atoms. The molecule has 0 aliphatic carbocycles. The van der Waals surface area contributed by atoms with E-state index in [2.05, 4.69) is 16.0 Å². The molecular formula is C13H25N3O2S. The lowest BCUT2D eigenvalue weighted by Gasteiger charge is -2.24. The largest absolute Gasteiger partial charge is 0.357 e. The van der Waals surface area contributed by atoms with Gasteiger partial charge >= 0.3 is 0 Å². The topological polar surface area (TPSA) is 70.2 Å². The van der Waals surface area contributed by atoms with Crippen LogP contribution in [0, 0.1) is 5.92 Å². The summed E-state index contributed by atoms with van der Waals surface area (Å²) in [5.41, 5.74) is 0. The molecule has 0 aromatic rings. The van der Waals surface area contributed by atoms with Gasteiger partial charge in [0.25, 0.3) is 0 Å². The Hall–Kier alpha value is -0.750. The van der Waals surface area contributed by atoms with Crippen LogP contribution < -0.4 is 16.0 Å². The summed E-state index contributed by atoms with van der Waals surface area (Å²) in [5, 5.41) is 8.78. The average Bonchev–Trinajstić information content (AvgIpc) is 2.37. The van der Waals surface area contributed by atoms with Crippen molar-refractivity contribution in [3.63, 3.8) is 0 Å². The van der Waals surface area contributed by atoms with Gasteiger partial charge in [0.05, 0.1) is 0 Å². The number of thioether (sulfide) groups is 1. The van der Waals surface area contributed by atoms with Crippen LogP contribution in [0.2, 0.25) is 0 Å². The summed E-state index contributed by atoms with van der Waals surface area (Å²) in [6.45, 7) is 5.04. The molecule has 6 heteroatoms. The summed E-state index contributed by atoms with van der Waals surface area (Å²) in [7, 11) is 1.60. The van der Waals surface area contributed by atoms with Crippen molar-refractivity contribution in [3.05, 3.63) is 0 Å². The van der Waals surface area contributed by atoms with Crippen molar-refractivity contribution < 1.29 is 9.59 Å². The Morgan fingerprint density at radius 3 is 2.68 bits per heavy atom. The lowest BCUT2D eigenvalue weighted by molar-refractivity contribution is -0.129. The maximum Gasteiger partial charge on any atom is 0.242 e. The third-order valence-corrected chi connectivity index (χ3v) is 4.17. The molecule has 5 nitrogen and oxygen atoms in total. The highest BCUT2D eigenvalue weighted by atomic mass is 32.2. The van der Waals surface area contributed by atoms with Crippen LogP contribution in [0.4, 0.5) is 0 Å². The number of hydrogen-bond donors (Lipinski definition) is 3. The van der Waals surface area contributed by atoms with E-state index in [9.17, 15) is 9.59 Å². The number of nitrogens with one attached hydrogen (secondary N) is 3. The molecule has 1 saturated heterocycles. The van der Waals surface area contributed by atoms with Crippen molar-refractivity contribution in [2.75, 3.05) is 25.1 Å². The molecule has 0 radical (unpaired) electrons. The molecule has 0 aromatic carbocycles. The fraction of sp³-hybridized carbons (Fsp3) is 0.846. The summed E-state index contributed by atoms with van der Waals surface area (Å²) in [4.78, 5) is 23.7. The molecular weight excluding hydrogens is 262 g/mol. The highest BCUT2D eigenvalue weighted by Crippen LogP contribution is 2.11. The van der Waals surface area contributed by atoms with Crippen LogP contribution in [0.15, 0.2) is 0 Å². The second-order valence-corrected chi connectivity index (χ2v) is 6.44. The summed E-state index contributed by atoms with van der Waals surface area (Å²) in [5.74, 6) is 2.27. The maximum atomic E-state index is 12.0. The van der Waals surface area contributed by atoms with Crippen molar-refractivity contribution in [3.8, 4) is 0 Å². The molecule has 1 heterocycles. The zero-order chi connectivity index (χ0) is 14.3. The van der Waals surface area contributed by atoms with E-state index in [-0.39, 0.29) is 17.9 Å². The van der Waals surface area contributed by atoms with E-state index < -0.39 is 6.04 Å². The first kappa shape index (κ1) is 16.3. The number of rotatable bonds is 6. The summed E-state index contributed by atoms with van der Waals surface area (Å²) in [6.07, 6.45) is 1.11. The molecule has 2 unspecified atom stereocenters. The van der Waals surface area contributed by atoms with Crippen molar-refractivity contribution in [1.29, 1.82) is 0 Å². The minimum Gasteiger partial charge on any atom is -0.357 e. The molecule has 0 saturated carbocycles. The van der Waals surface area contributed by atoms with Crippen LogP contribution in [0.25, 0.3) is 0 Å². The van der Waals surface area contributed by atoms with Crippen LogP contribution in [-0.4, -0.2) is 49.0 Å². The Labute approximate surface area is 119 Å². The summed E-state index contributed by atoms with van der Waals surface area (Å²) >= 11 is 1.86. The Bertz CT molecular complexity index is 304. The zero-order valence-corrected chi connectivity index (χ0v) is 12.8. The number of hydrogen-bond acceptors (Lipinski definition) is 4. The monoisotopic (exact) mass is 287 g/mol. The average molecular weight is 287 g/mol. The minimum absolute atomic E-state index is 0.0470. The van der Waals surface area contributed by atoms with E-state index in [1.54, 1.807) is 7.05 Å². The van der Waals surface area contributed by atoms with Gasteiger partial charge in [-0.2, -0.15) is 11.8 Å². The third kappa shape index (κ3) is 6.29. The maximum absolute atomic E-state index is 12.0. The SMILES string of the molecule is CNC(=O)C(CC(C)C)NC(=O)CC1CSCCN1. The minimum atomic E-state index is -0.422. The molecule has 1 rings (SSSR count). The first-order valence-corrected chi connectivity index (χ1v) is 8.00. The Balaban J connectivity index is 2.43. The van der Waals surface area contributed by atoms with Gasteiger partial charge in [0, 0.05) is 37.6 Å². The molecule has 2 atom stereocenters. The van der Waals surface area contributed by atoms with Crippen molar-refractivity contribution >= 4 is 23.6 Å². The fourth-order valence-corrected chi connectivity index (χ4v) is 3.05. The summed E-state index contributed by atoms with van der Waals surface area (Å²) < 4.78 is 0. The second-order valence-electron chi connectivity index (χ2n) is 5.29. The van der Waals surface area contributed by atoms with Crippen molar-refractivity contribution in [1.82, 2.24) is 16.0 Å². The first-order valence-electron chi connectivity index (χ1n) is 6.85. The van der Waals surface area contributed by atoms with Gasteiger partial charge in [-0.05, 0) is 12.3 Å². The van der Waals surface area contributed by atoms with Crippen LogP contribution in [-0.2, 0) is 9.59 Å². The lowest BCUT2D eigenvalue weighted by Crippen LogP contribution is -2.48. The van der Waals surface area contributed by atoms with Gasteiger partial charge in [-0.15, -0.1) is 0 Å². The lowest BCUT2D eigenvalue weighted by atomic mass is 10.0. The van der Waals surface area contributed by atoms with E-state index in [4.69, 9.17) is 0 Å². The van der Waals surface area contributed by atoms with Gasteiger partial charge in [0.1, 0.15) is 6.04 Å². The van der Waals surface area contributed by atoms with E-state index in [0.29, 0.717) is 18.8 Å². The molecule has 110 valence electrons. The van der Waals surface area contributed by atoms with Gasteiger partial charge < -0.3 is 16.0 Å². The van der Waals surface area contributed by atoms with Gasteiger partial charge in [-0.1, -0.05) is 13.8 Å². The Kier molecular flexibility index (Phi) is 7.23. The predicted molar refractivity (Wildman–Crippen MR) is 79.2 cm³/mol. The highest BCUT2D eigenvalue weighted by Gasteiger charge is 2.23. The Morgan fingerprint density at radius 2 is 2.16 bits per heavy atom. The van der Waals surface area contributed by atoms with Gasteiger partial charge in [0.15, 0.2) is 0 Å². The highest BCUT2D eigenvalue weighted by molar-refractivity contribution is 7.99. The second kappa shape index (κ2) is 8.43. The predicted octanol–water partition coefficient (Wildman–Crippen LogP) is 0.358. The number of carbonyl (C=O) groups excluding carboxylic acids is 2. The van der Waals surface area contributed by atoms with Crippen molar-refractivity contribution in [2.45, 2.75) is 38.8 Å². The standard InChI is InChI=1S/C13H25N3O2S/c1-9(2)6-11(13(18)14-3)16-12(17)7-10-8-19-5-4-15-10/h9-11,15H,4-8H2,1-3H3,(H,14,18)(H,16,17). The van der Waals surface area contributed by atoms with E-state index >= 15 is 0 Å². The van der Waals surface area contributed by atoms with Crippen molar-refractivity contribution in [2.24, 2.45) is 5.92 Å². The fourth-order valence-electron chi connectivity index (χ4n) is 2.11. The van der Waals surface area contributed by atoms with Gasteiger partial charge in [-0.3, -0.25) is 9.59 Å². The molecule has 2 amide bonds.